The number of hydrogen-bond donors (Lipinski definition) is 1. The molecular weight excluding hydrogens is 225 g/mol. The summed E-state index contributed by atoms with van der Waals surface area (Å²) in [4.78, 5) is 9.56. The Morgan fingerprint density at radius 3 is 2.50 bits per heavy atom. The van der Waals surface area contributed by atoms with Crippen LogP contribution in [0.3, 0.4) is 0 Å². The van der Waals surface area contributed by atoms with Crippen LogP contribution in [0.1, 0.15) is 25.6 Å². The number of anilines is 1. The quantitative estimate of drug-likeness (QED) is 0.804. The van der Waals surface area contributed by atoms with Crippen LogP contribution in [0.15, 0.2) is 0 Å². The Bertz CT molecular complexity index is 356. The maximum absolute atomic E-state index is 12.3. The Morgan fingerprint density at radius 2 is 1.94 bits per heavy atom. The highest BCUT2D eigenvalue weighted by Gasteiger charge is 2.35. The van der Waals surface area contributed by atoms with Gasteiger partial charge in [-0.05, 0) is 6.42 Å². The zero-order valence-electron chi connectivity index (χ0n) is 8.58. The van der Waals surface area contributed by atoms with Crippen LogP contribution in [0.4, 0.5) is 19.1 Å². The molecule has 90 valence electrons. The molecular formula is C8H11F3N4O. The minimum atomic E-state index is -4.65. The molecule has 2 N–H and O–H groups in total. The molecule has 0 atom stereocenters. The normalized spacial score (nSPS) is 11.5. The third-order valence-corrected chi connectivity index (χ3v) is 1.61. The molecule has 16 heavy (non-hydrogen) atoms. The highest BCUT2D eigenvalue weighted by molar-refractivity contribution is 5.19. The van der Waals surface area contributed by atoms with Crippen LogP contribution in [0.5, 0.6) is 6.01 Å². The number of unbranched alkanes of at least 4 members (excludes halogenated alkanes) is 1. The van der Waals surface area contributed by atoms with E-state index >= 15 is 0 Å². The van der Waals surface area contributed by atoms with Gasteiger partial charge in [0.05, 0.1) is 6.61 Å². The van der Waals surface area contributed by atoms with Crippen LogP contribution in [-0.2, 0) is 6.18 Å². The molecule has 0 radical (unpaired) electrons. The third kappa shape index (κ3) is 3.52. The Balaban J connectivity index is 2.82. The summed E-state index contributed by atoms with van der Waals surface area (Å²) in [5.41, 5.74) is 5.12. The Morgan fingerprint density at radius 1 is 1.25 bits per heavy atom. The van der Waals surface area contributed by atoms with E-state index in [0.717, 1.165) is 6.42 Å². The van der Waals surface area contributed by atoms with Gasteiger partial charge in [0, 0.05) is 0 Å². The molecule has 1 heterocycles. The highest BCUT2D eigenvalue weighted by atomic mass is 19.4. The predicted octanol–water partition coefficient (Wildman–Crippen LogP) is 1.65. The van der Waals surface area contributed by atoms with Crippen LogP contribution < -0.4 is 10.5 Å². The number of nitrogen functional groups attached to an aromatic ring is 1. The Hall–Kier alpha value is -1.60. The van der Waals surface area contributed by atoms with Crippen molar-refractivity contribution in [1.82, 2.24) is 15.0 Å². The van der Waals surface area contributed by atoms with Crippen LogP contribution in [-0.4, -0.2) is 21.6 Å². The average Bonchev–Trinajstić information content (AvgIpc) is 2.16. The molecule has 0 aromatic carbocycles. The van der Waals surface area contributed by atoms with Gasteiger partial charge >= 0.3 is 12.2 Å². The van der Waals surface area contributed by atoms with E-state index in [9.17, 15) is 13.2 Å². The van der Waals surface area contributed by atoms with Gasteiger partial charge in [0.25, 0.3) is 0 Å². The first-order chi connectivity index (χ1) is 7.43. The fraction of sp³-hybridized carbons (Fsp3) is 0.625. The first-order valence-corrected chi connectivity index (χ1v) is 4.65. The molecule has 0 spiro atoms. The topological polar surface area (TPSA) is 73.9 Å². The van der Waals surface area contributed by atoms with E-state index in [4.69, 9.17) is 10.5 Å². The van der Waals surface area contributed by atoms with Gasteiger partial charge in [0.1, 0.15) is 0 Å². The van der Waals surface area contributed by atoms with Gasteiger partial charge in [-0.15, -0.1) is 0 Å². The molecule has 0 aliphatic rings. The fourth-order valence-corrected chi connectivity index (χ4v) is 0.871. The zero-order valence-corrected chi connectivity index (χ0v) is 8.58. The Kier molecular flexibility index (Phi) is 3.86. The average molecular weight is 236 g/mol. The number of aromatic nitrogens is 3. The van der Waals surface area contributed by atoms with E-state index in [1.807, 2.05) is 6.92 Å². The second kappa shape index (κ2) is 4.95. The first-order valence-electron chi connectivity index (χ1n) is 4.65. The second-order valence-corrected chi connectivity index (χ2v) is 3.00. The number of hydrogen-bond acceptors (Lipinski definition) is 5. The SMILES string of the molecule is CCCCOc1nc(N)nc(C(F)(F)F)n1. The summed E-state index contributed by atoms with van der Waals surface area (Å²) in [6, 6.07) is -0.395. The van der Waals surface area contributed by atoms with Gasteiger partial charge < -0.3 is 10.5 Å². The maximum Gasteiger partial charge on any atom is 0.451 e. The van der Waals surface area contributed by atoms with Gasteiger partial charge in [-0.2, -0.15) is 28.1 Å². The fourth-order valence-electron chi connectivity index (χ4n) is 0.871. The molecule has 0 aliphatic heterocycles. The van der Waals surface area contributed by atoms with Crippen LogP contribution >= 0.6 is 0 Å². The number of ether oxygens (including phenoxy) is 1. The van der Waals surface area contributed by atoms with E-state index in [2.05, 4.69) is 15.0 Å². The summed E-state index contributed by atoms with van der Waals surface area (Å²) in [6.45, 7) is 2.17. The van der Waals surface area contributed by atoms with Gasteiger partial charge in [-0.1, -0.05) is 13.3 Å². The number of nitrogens with zero attached hydrogens (tertiary/aromatic N) is 3. The second-order valence-electron chi connectivity index (χ2n) is 3.00. The van der Waals surface area contributed by atoms with Crippen molar-refractivity contribution in [2.24, 2.45) is 0 Å². The predicted molar refractivity (Wildman–Crippen MR) is 49.6 cm³/mol. The van der Waals surface area contributed by atoms with Crippen LogP contribution in [0.2, 0.25) is 0 Å². The number of halogens is 3. The number of alkyl halides is 3. The highest BCUT2D eigenvalue weighted by Crippen LogP contribution is 2.27. The molecule has 0 fully saturated rings. The van der Waals surface area contributed by atoms with Gasteiger partial charge in [0.15, 0.2) is 0 Å². The van der Waals surface area contributed by atoms with Gasteiger partial charge in [-0.25, -0.2) is 0 Å². The molecule has 0 bridgehead atoms. The summed E-state index contributed by atoms with van der Waals surface area (Å²) in [7, 11) is 0. The third-order valence-electron chi connectivity index (χ3n) is 1.61. The summed E-state index contributed by atoms with van der Waals surface area (Å²) < 4.78 is 41.7. The van der Waals surface area contributed by atoms with Crippen LogP contribution in [0.25, 0.3) is 0 Å². The molecule has 1 rings (SSSR count). The summed E-state index contributed by atoms with van der Waals surface area (Å²) in [6.07, 6.45) is -3.10. The standard InChI is InChI=1S/C8H11F3N4O/c1-2-3-4-16-7-14-5(8(9,10)11)13-6(12)15-7/h2-4H2,1H3,(H2,12,13,14,15). The van der Waals surface area contributed by atoms with Crippen molar-refractivity contribution in [2.75, 3.05) is 12.3 Å². The van der Waals surface area contributed by atoms with Crippen LogP contribution in [0, 0.1) is 0 Å². The summed E-state index contributed by atoms with van der Waals surface area (Å²) in [5.74, 6) is -1.85. The minimum absolute atomic E-state index is 0.247. The van der Waals surface area contributed by atoms with Crippen molar-refractivity contribution in [3.63, 3.8) is 0 Å². The van der Waals surface area contributed by atoms with Crippen molar-refractivity contribution < 1.29 is 17.9 Å². The Labute approximate surface area is 89.9 Å². The lowest BCUT2D eigenvalue weighted by atomic mass is 10.4. The van der Waals surface area contributed by atoms with E-state index < -0.39 is 24.0 Å². The van der Waals surface area contributed by atoms with Gasteiger partial charge in [0.2, 0.25) is 11.8 Å². The van der Waals surface area contributed by atoms with E-state index in [0.29, 0.717) is 6.42 Å². The van der Waals surface area contributed by atoms with Crippen molar-refractivity contribution in [2.45, 2.75) is 25.9 Å². The lowest BCUT2D eigenvalue weighted by Gasteiger charge is -2.07. The lowest BCUT2D eigenvalue weighted by Crippen LogP contribution is -2.15. The summed E-state index contributed by atoms with van der Waals surface area (Å²) in [5, 5.41) is 0. The molecule has 0 saturated carbocycles. The largest absolute Gasteiger partial charge is 0.463 e. The molecule has 0 aliphatic carbocycles. The molecule has 0 saturated heterocycles. The molecule has 1 aromatic rings. The first kappa shape index (κ1) is 12.5. The maximum atomic E-state index is 12.3. The summed E-state index contributed by atoms with van der Waals surface area (Å²) >= 11 is 0. The molecule has 5 nitrogen and oxygen atoms in total. The minimum Gasteiger partial charge on any atom is -0.463 e. The monoisotopic (exact) mass is 236 g/mol. The van der Waals surface area contributed by atoms with Crippen molar-refractivity contribution in [3.05, 3.63) is 5.82 Å². The molecule has 1 aromatic heterocycles. The van der Waals surface area contributed by atoms with Crippen molar-refractivity contribution >= 4 is 5.95 Å². The zero-order chi connectivity index (χ0) is 12.2. The van der Waals surface area contributed by atoms with Crippen molar-refractivity contribution in [1.29, 1.82) is 0 Å². The molecule has 0 amide bonds. The van der Waals surface area contributed by atoms with E-state index in [1.165, 1.54) is 0 Å². The number of rotatable bonds is 4. The van der Waals surface area contributed by atoms with Crippen molar-refractivity contribution in [3.8, 4) is 6.01 Å². The number of nitrogens with two attached hydrogens (primary N) is 1. The lowest BCUT2D eigenvalue weighted by molar-refractivity contribution is -0.145. The van der Waals surface area contributed by atoms with E-state index in [1.54, 1.807) is 0 Å². The molecule has 0 unspecified atom stereocenters. The smallest absolute Gasteiger partial charge is 0.451 e. The van der Waals surface area contributed by atoms with Gasteiger partial charge in [-0.3, -0.25) is 0 Å². The van der Waals surface area contributed by atoms with E-state index in [-0.39, 0.29) is 6.61 Å². The molecule has 8 heteroatoms.